The zero-order valence-corrected chi connectivity index (χ0v) is 13.1. The summed E-state index contributed by atoms with van der Waals surface area (Å²) < 4.78 is 18.9. The van der Waals surface area contributed by atoms with Gasteiger partial charge in [-0.2, -0.15) is 0 Å². The Morgan fingerprint density at radius 2 is 2.00 bits per heavy atom. The first-order chi connectivity index (χ1) is 11.3. The van der Waals surface area contributed by atoms with Gasteiger partial charge in [-0.25, -0.2) is 4.39 Å². The van der Waals surface area contributed by atoms with Crippen LogP contribution in [0.1, 0.15) is 36.4 Å². The molecular weight excluding hydrogens is 289 g/mol. The summed E-state index contributed by atoms with van der Waals surface area (Å²) in [4.78, 5) is 0. The average molecular weight is 309 g/mol. The first-order valence-electron chi connectivity index (χ1n) is 8.21. The van der Waals surface area contributed by atoms with Gasteiger partial charge in [0.25, 0.3) is 0 Å². The fourth-order valence-electron chi connectivity index (χ4n) is 3.83. The second-order valence-corrected chi connectivity index (χ2v) is 6.21. The molecule has 0 aromatic heterocycles. The molecule has 4 rings (SSSR count). The van der Waals surface area contributed by atoms with Gasteiger partial charge in [0.1, 0.15) is 11.6 Å². The minimum Gasteiger partial charge on any atom is -0.494 e. The maximum Gasteiger partial charge on any atom is 0.123 e. The first kappa shape index (κ1) is 14.3. The van der Waals surface area contributed by atoms with Crippen molar-refractivity contribution in [3.8, 4) is 5.75 Å². The summed E-state index contributed by atoms with van der Waals surface area (Å²) in [6, 6.07) is 13.3. The smallest absolute Gasteiger partial charge is 0.123 e. The topological polar surface area (TPSA) is 21.3 Å². The summed E-state index contributed by atoms with van der Waals surface area (Å²) in [7, 11) is 0. The Morgan fingerprint density at radius 1 is 1.17 bits per heavy atom. The second kappa shape index (κ2) is 5.73. The van der Waals surface area contributed by atoms with Crippen LogP contribution < -0.4 is 10.1 Å². The molecule has 0 amide bonds. The van der Waals surface area contributed by atoms with Gasteiger partial charge < -0.3 is 10.1 Å². The molecule has 2 aliphatic rings. The van der Waals surface area contributed by atoms with E-state index in [4.69, 9.17) is 4.74 Å². The van der Waals surface area contributed by atoms with Crippen molar-refractivity contribution in [2.24, 2.45) is 5.92 Å². The summed E-state index contributed by atoms with van der Waals surface area (Å²) in [5.41, 5.74) is 3.59. The number of hydrogen-bond acceptors (Lipinski definition) is 2. The molecule has 3 atom stereocenters. The first-order valence-corrected chi connectivity index (χ1v) is 8.21. The molecule has 1 heterocycles. The van der Waals surface area contributed by atoms with Crippen molar-refractivity contribution < 1.29 is 9.13 Å². The van der Waals surface area contributed by atoms with E-state index in [0.29, 0.717) is 18.4 Å². The summed E-state index contributed by atoms with van der Waals surface area (Å²) in [5.74, 6) is 1.59. The molecule has 0 saturated heterocycles. The van der Waals surface area contributed by atoms with E-state index in [2.05, 4.69) is 29.6 Å². The summed E-state index contributed by atoms with van der Waals surface area (Å²) in [6.45, 7) is 2.68. The summed E-state index contributed by atoms with van der Waals surface area (Å²) >= 11 is 0. The van der Waals surface area contributed by atoms with E-state index in [1.165, 1.54) is 5.56 Å². The van der Waals surface area contributed by atoms with E-state index >= 15 is 0 Å². The van der Waals surface area contributed by atoms with Crippen LogP contribution in [0.15, 0.2) is 54.6 Å². The Balaban J connectivity index is 1.72. The third-order valence-electron chi connectivity index (χ3n) is 4.87. The molecule has 0 spiro atoms. The third-order valence-corrected chi connectivity index (χ3v) is 4.87. The highest BCUT2D eigenvalue weighted by molar-refractivity contribution is 5.61. The van der Waals surface area contributed by atoms with E-state index in [9.17, 15) is 4.39 Å². The minimum absolute atomic E-state index is 0.188. The molecule has 1 aliphatic heterocycles. The van der Waals surface area contributed by atoms with E-state index < -0.39 is 0 Å². The molecule has 2 aromatic carbocycles. The lowest BCUT2D eigenvalue weighted by atomic mass is 9.77. The highest BCUT2D eigenvalue weighted by Crippen LogP contribution is 2.50. The minimum atomic E-state index is -0.188. The number of halogens is 1. The number of benzene rings is 2. The molecule has 0 radical (unpaired) electrons. The zero-order chi connectivity index (χ0) is 15.8. The van der Waals surface area contributed by atoms with Gasteiger partial charge in [0.2, 0.25) is 0 Å². The maximum absolute atomic E-state index is 13.2. The van der Waals surface area contributed by atoms with E-state index in [0.717, 1.165) is 23.4 Å². The lowest BCUT2D eigenvalue weighted by Gasteiger charge is -2.37. The van der Waals surface area contributed by atoms with Gasteiger partial charge in [0.05, 0.1) is 12.6 Å². The predicted molar refractivity (Wildman–Crippen MR) is 90.4 cm³/mol. The van der Waals surface area contributed by atoms with Crippen molar-refractivity contribution in [1.29, 1.82) is 0 Å². The number of allylic oxidation sites excluding steroid dienone is 2. The Labute approximate surface area is 136 Å². The van der Waals surface area contributed by atoms with E-state index in [1.807, 2.05) is 25.1 Å². The molecular formula is C20H20FNO. The molecule has 118 valence electrons. The van der Waals surface area contributed by atoms with Gasteiger partial charge >= 0.3 is 0 Å². The standard InChI is InChI=1S/C20H20FNO/c1-2-23-15-10-11-19-18(12-15)16-4-3-5-17(16)20(22-19)13-6-8-14(21)9-7-13/h3-4,6-12,16-17,20,22H,2,5H2,1H3. The summed E-state index contributed by atoms with van der Waals surface area (Å²) in [5, 5.41) is 3.66. The van der Waals surface area contributed by atoms with Crippen LogP contribution in [0.3, 0.4) is 0 Å². The average Bonchev–Trinajstić information content (AvgIpc) is 3.05. The molecule has 0 bridgehead atoms. The number of ether oxygens (including phenoxy) is 1. The Kier molecular flexibility index (Phi) is 3.56. The Hall–Kier alpha value is -2.29. The van der Waals surface area contributed by atoms with Crippen molar-refractivity contribution >= 4 is 5.69 Å². The van der Waals surface area contributed by atoms with Crippen LogP contribution in [0.4, 0.5) is 10.1 Å². The van der Waals surface area contributed by atoms with Crippen molar-refractivity contribution in [2.45, 2.75) is 25.3 Å². The number of rotatable bonds is 3. The fraction of sp³-hybridized carbons (Fsp3) is 0.300. The molecule has 1 N–H and O–H groups in total. The number of nitrogens with one attached hydrogen (secondary N) is 1. The maximum atomic E-state index is 13.2. The highest BCUT2D eigenvalue weighted by Gasteiger charge is 2.37. The molecule has 2 nitrogen and oxygen atoms in total. The van der Waals surface area contributed by atoms with Gasteiger partial charge in [-0.1, -0.05) is 24.3 Å². The Bertz CT molecular complexity index is 738. The van der Waals surface area contributed by atoms with Gasteiger partial charge in [0.15, 0.2) is 0 Å². The molecule has 2 aromatic rings. The molecule has 0 fully saturated rings. The number of hydrogen-bond donors (Lipinski definition) is 1. The molecule has 1 aliphatic carbocycles. The SMILES string of the molecule is CCOc1ccc2c(c1)C1C=CCC1C(c1ccc(F)cc1)N2. The van der Waals surface area contributed by atoms with Crippen LogP contribution >= 0.6 is 0 Å². The van der Waals surface area contributed by atoms with E-state index in [-0.39, 0.29) is 11.9 Å². The molecule has 23 heavy (non-hydrogen) atoms. The molecule has 3 unspecified atom stereocenters. The molecule has 3 heteroatoms. The number of fused-ring (bicyclic) bond motifs is 3. The van der Waals surface area contributed by atoms with Gasteiger partial charge in [-0.3, -0.25) is 0 Å². The largest absolute Gasteiger partial charge is 0.494 e. The van der Waals surface area contributed by atoms with Gasteiger partial charge in [-0.05, 0) is 60.7 Å². The van der Waals surface area contributed by atoms with Crippen LogP contribution in [0.25, 0.3) is 0 Å². The van der Waals surface area contributed by atoms with Crippen molar-refractivity contribution in [1.82, 2.24) is 0 Å². The summed E-state index contributed by atoms with van der Waals surface area (Å²) in [6.07, 6.45) is 5.60. The van der Waals surface area contributed by atoms with Gasteiger partial charge in [0, 0.05) is 11.6 Å². The lowest BCUT2D eigenvalue weighted by molar-refractivity contribution is 0.338. The fourth-order valence-corrected chi connectivity index (χ4v) is 3.83. The van der Waals surface area contributed by atoms with Crippen LogP contribution in [0, 0.1) is 11.7 Å². The second-order valence-electron chi connectivity index (χ2n) is 6.21. The van der Waals surface area contributed by atoms with E-state index in [1.54, 1.807) is 12.1 Å². The highest BCUT2D eigenvalue weighted by atomic mass is 19.1. The van der Waals surface area contributed by atoms with Crippen molar-refractivity contribution in [3.05, 3.63) is 71.6 Å². The third kappa shape index (κ3) is 2.50. The Morgan fingerprint density at radius 3 is 2.78 bits per heavy atom. The molecule has 0 saturated carbocycles. The van der Waals surface area contributed by atoms with Crippen LogP contribution in [-0.2, 0) is 0 Å². The van der Waals surface area contributed by atoms with Crippen LogP contribution in [0.2, 0.25) is 0 Å². The van der Waals surface area contributed by atoms with Crippen LogP contribution in [0.5, 0.6) is 5.75 Å². The quantitative estimate of drug-likeness (QED) is 0.801. The zero-order valence-electron chi connectivity index (χ0n) is 13.1. The van der Waals surface area contributed by atoms with Crippen molar-refractivity contribution in [2.75, 3.05) is 11.9 Å². The van der Waals surface area contributed by atoms with Gasteiger partial charge in [-0.15, -0.1) is 0 Å². The lowest BCUT2D eigenvalue weighted by Crippen LogP contribution is -2.29. The monoisotopic (exact) mass is 309 g/mol. The van der Waals surface area contributed by atoms with Crippen LogP contribution in [-0.4, -0.2) is 6.61 Å². The predicted octanol–water partition coefficient (Wildman–Crippen LogP) is 5.05. The number of anilines is 1. The normalized spacial score (nSPS) is 24.7. The van der Waals surface area contributed by atoms with Crippen molar-refractivity contribution in [3.63, 3.8) is 0 Å².